The second-order valence-corrected chi connectivity index (χ2v) is 10.4. The lowest BCUT2D eigenvalue weighted by Crippen LogP contribution is -2.30. The molecule has 0 atom stereocenters. The van der Waals surface area contributed by atoms with Crippen molar-refractivity contribution in [2.24, 2.45) is 4.99 Å². The molecular weight excluding hydrogens is 470 g/mol. The number of nitrogens with one attached hydrogen (secondary N) is 1. The first-order chi connectivity index (χ1) is 17.8. The van der Waals surface area contributed by atoms with E-state index in [4.69, 9.17) is 9.73 Å². The van der Waals surface area contributed by atoms with E-state index in [1.807, 2.05) is 51.4 Å². The maximum absolute atomic E-state index is 13.1. The number of ether oxygens (including phenoxy) is 1. The molecule has 2 aromatic heterocycles. The van der Waals surface area contributed by atoms with Gasteiger partial charge in [0, 0.05) is 42.0 Å². The molecule has 0 spiro atoms. The van der Waals surface area contributed by atoms with Crippen molar-refractivity contribution in [3.8, 4) is 16.9 Å². The monoisotopic (exact) mass is 503 g/mol. The molecule has 0 aliphatic carbocycles. The normalized spacial score (nSPS) is 15.8. The molecule has 0 radical (unpaired) electrons. The predicted octanol–water partition coefficient (Wildman–Crippen LogP) is 3.10. The average molecular weight is 504 g/mol. The number of rotatable bonds is 6. The number of aromatic nitrogens is 4. The van der Waals surface area contributed by atoms with E-state index in [2.05, 4.69) is 25.3 Å². The standard InChI is InChI=1S/C27H33N7O3/c1-27(2,3)24-22-23(34(32-24)11-12-35)25(36)28-16-20(31-22)17-7-8-21(37-4)19(13-17)18-14-29-26(30-15-18)33-9-5-6-10-33/h7-8,13-15,35H,5-6,9-12,16H2,1-4H3,(H,28,36). The molecule has 1 aromatic carbocycles. The summed E-state index contributed by atoms with van der Waals surface area (Å²) in [4.78, 5) is 29.5. The number of anilines is 1. The van der Waals surface area contributed by atoms with Gasteiger partial charge in [-0.25, -0.2) is 15.0 Å². The molecule has 1 fully saturated rings. The highest BCUT2D eigenvalue weighted by Crippen LogP contribution is 2.36. The van der Waals surface area contributed by atoms with Crippen LogP contribution in [0.4, 0.5) is 11.6 Å². The Bertz CT molecular complexity index is 1330. The zero-order valence-electron chi connectivity index (χ0n) is 21.8. The summed E-state index contributed by atoms with van der Waals surface area (Å²) in [6.45, 7) is 8.43. The molecular formula is C27H33N7O3. The van der Waals surface area contributed by atoms with E-state index in [-0.39, 0.29) is 31.0 Å². The number of methoxy groups -OCH3 is 1. The second-order valence-electron chi connectivity index (χ2n) is 10.4. The number of nitrogens with zero attached hydrogens (tertiary/aromatic N) is 6. The van der Waals surface area contributed by atoms with Gasteiger partial charge in [0.2, 0.25) is 5.95 Å². The van der Waals surface area contributed by atoms with Crippen LogP contribution in [0.3, 0.4) is 0 Å². The van der Waals surface area contributed by atoms with Gasteiger partial charge >= 0.3 is 0 Å². The van der Waals surface area contributed by atoms with E-state index in [0.29, 0.717) is 28.5 Å². The topological polar surface area (TPSA) is 118 Å². The number of amides is 1. The van der Waals surface area contributed by atoms with E-state index in [1.54, 1.807) is 11.8 Å². The third kappa shape index (κ3) is 4.81. The fourth-order valence-corrected chi connectivity index (χ4v) is 4.79. The molecule has 2 aliphatic rings. The third-order valence-corrected chi connectivity index (χ3v) is 6.70. The van der Waals surface area contributed by atoms with E-state index in [9.17, 15) is 9.90 Å². The zero-order valence-corrected chi connectivity index (χ0v) is 21.8. The largest absolute Gasteiger partial charge is 0.496 e. The number of carbonyl (C=O) groups is 1. The van der Waals surface area contributed by atoms with Gasteiger partial charge in [-0.1, -0.05) is 20.8 Å². The summed E-state index contributed by atoms with van der Waals surface area (Å²) in [5.74, 6) is 1.19. The zero-order chi connectivity index (χ0) is 26.2. The van der Waals surface area contributed by atoms with E-state index in [0.717, 1.165) is 48.6 Å². The highest BCUT2D eigenvalue weighted by atomic mass is 16.5. The molecule has 0 bridgehead atoms. The van der Waals surface area contributed by atoms with Gasteiger partial charge in [0.15, 0.2) is 5.69 Å². The summed E-state index contributed by atoms with van der Waals surface area (Å²) >= 11 is 0. The van der Waals surface area contributed by atoms with Crippen molar-refractivity contribution < 1.29 is 14.6 Å². The molecule has 37 heavy (non-hydrogen) atoms. The third-order valence-electron chi connectivity index (χ3n) is 6.70. The van der Waals surface area contributed by atoms with Gasteiger partial charge in [0.25, 0.3) is 5.91 Å². The van der Waals surface area contributed by atoms with E-state index >= 15 is 0 Å². The van der Waals surface area contributed by atoms with Crippen LogP contribution < -0.4 is 15.0 Å². The van der Waals surface area contributed by atoms with Crippen LogP contribution in [0.25, 0.3) is 11.1 Å². The van der Waals surface area contributed by atoms with Gasteiger partial charge in [0.1, 0.15) is 11.4 Å². The molecule has 10 heteroatoms. The molecule has 1 saturated heterocycles. The molecule has 194 valence electrons. The first-order valence-electron chi connectivity index (χ1n) is 12.6. The SMILES string of the molecule is COc1ccc(C2=Nc3c(C(C)(C)C)nn(CCO)c3C(=O)NC2)cc1-c1cnc(N2CCCC2)nc1. The smallest absolute Gasteiger partial charge is 0.272 e. The summed E-state index contributed by atoms with van der Waals surface area (Å²) in [5.41, 5.74) is 4.52. The Kier molecular flexibility index (Phi) is 6.68. The lowest BCUT2D eigenvalue weighted by Gasteiger charge is -2.17. The van der Waals surface area contributed by atoms with Crippen molar-refractivity contribution in [2.75, 3.05) is 38.3 Å². The molecule has 4 heterocycles. The highest BCUT2D eigenvalue weighted by molar-refractivity contribution is 6.11. The van der Waals surface area contributed by atoms with Crippen LogP contribution in [0.1, 0.15) is 55.4 Å². The summed E-state index contributed by atoms with van der Waals surface area (Å²) in [5, 5.41) is 17.2. The minimum atomic E-state index is -0.344. The minimum absolute atomic E-state index is 0.123. The molecule has 2 aliphatic heterocycles. The van der Waals surface area contributed by atoms with Gasteiger partial charge in [-0.15, -0.1) is 0 Å². The first kappa shape index (κ1) is 24.9. The number of fused-ring (bicyclic) bond motifs is 1. The fraction of sp³-hybridized carbons (Fsp3) is 0.444. The Labute approximate surface area is 216 Å². The van der Waals surface area contributed by atoms with Crippen LogP contribution in [0.2, 0.25) is 0 Å². The van der Waals surface area contributed by atoms with Crippen LogP contribution in [-0.4, -0.2) is 69.8 Å². The predicted molar refractivity (Wildman–Crippen MR) is 142 cm³/mol. The van der Waals surface area contributed by atoms with Crippen LogP contribution in [0.5, 0.6) is 5.75 Å². The fourth-order valence-electron chi connectivity index (χ4n) is 4.79. The van der Waals surface area contributed by atoms with Gasteiger partial charge < -0.3 is 20.1 Å². The number of aliphatic hydroxyl groups excluding tert-OH is 1. The van der Waals surface area contributed by atoms with Crippen molar-refractivity contribution in [3.63, 3.8) is 0 Å². The number of hydrogen-bond donors (Lipinski definition) is 2. The Morgan fingerprint density at radius 2 is 1.84 bits per heavy atom. The summed E-state index contributed by atoms with van der Waals surface area (Å²) in [6, 6.07) is 5.83. The maximum Gasteiger partial charge on any atom is 0.272 e. The molecule has 0 saturated carbocycles. The number of aliphatic hydroxyl groups is 1. The molecule has 0 unspecified atom stereocenters. The first-order valence-corrected chi connectivity index (χ1v) is 12.6. The molecule has 1 amide bonds. The molecule has 2 N–H and O–H groups in total. The van der Waals surface area contributed by atoms with Crippen LogP contribution >= 0.6 is 0 Å². The lowest BCUT2D eigenvalue weighted by atomic mass is 9.91. The van der Waals surface area contributed by atoms with Crippen molar-refractivity contribution in [2.45, 2.75) is 45.6 Å². The number of benzene rings is 1. The number of carbonyl (C=O) groups excluding carboxylic acids is 1. The lowest BCUT2D eigenvalue weighted by molar-refractivity contribution is 0.0948. The van der Waals surface area contributed by atoms with Crippen LogP contribution in [-0.2, 0) is 12.0 Å². The van der Waals surface area contributed by atoms with Crippen molar-refractivity contribution in [1.29, 1.82) is 0 Å². The highest BCUT2D eigenvalue weighted by Gasteiger charge is 2.32. The second kappa shape index (κ2) is 9.93. The molecule has 5 rings (SSSR count). The molecule has 3 aromatic rings. The van der Waals surface area contributed by atoms with Crippen LogP contribution in [0, 0.1) is 0 Å². The van der Waals surface area contributed by atoms with Crippen molar-refractivity contribution in [3.05, 3.63) is 47.5 Å². The van der Waals surface area contributed by atoms with Crippen molar-refractivity contribution in [1.82, 2.24) is 25.1 Å². The Morgan fingerprint density at radius 3 is 2.49 bits per heavy atom. The Balaban J connectivity index is 1.57. The quantitative estimate of drug-likeness (QED) is 0.531. The van der Waals surface area contributed by atoms with Gasteiger partial charge in [0.05, 0.1) is 38.2 Å². The average Bonchev–Trinajstić information content (AvgIpc) is 3.51. The summed E-state index contributed by atoms with van der Waals surface area (Å²) < 4.78 is 7.20. The Hall–Kier alpha value is -3.79. The Morgan fingerprint density at radius 1 is 1.11 bits per heavy atom. The van der Waals surface area contributed by atoms with E-state index in [1.165, 1.54) is 0 Å². The van der Waals surface area contributed by atoms with Gasteiger partial charge in [-0.05, 0) is 36.6 Å². The summed E-state index contributed by atoms with van der Waals surface area (Å²) in [6.07, 6.45) is 5.98. The van der Waals surface area contributed by atoms with Crippen molar-refractivity contribution >= 4 is 23.3 Å². The van der Waals surface area contributed by atoms with E-state index < -0.39 is 0 Å². The maximum atomic E-state index is 13.1. The number of aliphatic imine (C=N–C) groups is 1. The van der Waals surface area contributed by atoms with Crippen LogP contribution in [0.15, 0.2) is 35.6 Å². The van der Waals surface area contributed by atoms with Gasteiger partial charge in [-0.3, -0.25) is 9.48 Å². The molecule has 10 nitrogen and oxygen atoms in total. The number of hydrogen-bond acceptors (Lipinski definition) is 8. The minimum Gasteiger partial charge on any atom is -0.496 e. The summed E-state index contributed by atoms with van der Waals surface area (Å²) in [7, 11) is 1.64. The van der Waals surface area contributed by atoms with Gasteiger partial charge in [-0.2, -0.15) is 5.10 Å².